The summed E-state index contributed by atoms with van der Waals surface area (Å²) in [6.07, 6.45) is 1.82. The van der Waals surface area contributed by atoms with E-state index in [9.17, 15) is 9.59 Å². The molecule has 1 fully saturated rings. The molecule has 0 bridgehead atoms. The molecule has 1 aliphatic rings. The topological polar surface area (TPSA) is 58.6 Å². The fraction of sp³-hybridized carbons (Fsp3) is 0.364. The smallest absolute Gasteiger partial charge is 0.254 e. The second-order valence-corrected chi connectivity index (χ2v) is 6.93. The normalized spacial score (nSPS) is 14.6. The summed E-state index contributed by atoms with van der Waals surface area (Å²) in [5.41, 5.74) is 1.60. The zero-order valence-corrected chi connectivity index (χ0v) is 15.7. The Morgan fingerprint density at radius 3 is 2.41 bits per heavy atom. The van der Waals surface area contributed by atoms with Gasteiger partial charge >= 0.3 is 0 Å². The van der Waals surface area contributed by atoms with Gasteiger partial charge in [-0.1, -0.05) is 36.4 Å². The molecule has 5 nitrogen and oxygen atoms in total. The Kier molecular flexibility index (Phi) is 6.47. The summed E-state index contributed by atoms with van der Waals surface area (Å²) >= 11 is 0. The van der Waals surface area contributed by atoms with Gasteiger partial charge in [0.05, 0.1) is 0 Å². The van der Waals surface area contributed by atoms with Crippen molar-refractivity contribution in [2.45, 2.75) is 26.4 Å². The quantitative estimate of drug-likeness (QED) is 0.854. The molecule has 2 aromatic rings. The predicted molar refractivity (Wildman–Crippen MR) is 105 cm³/mol. The molecule has 1 saturated heterocycles. The lowest BCUT2D eigenvalue weighted by atomic mass is 9.95. The van der Waals surface area contributed by atoms with Crippen LogP contribution in [0.1, 0.15) is 35.7 Å². The molecule has 27 heavy (non-hydrogen) atoms. The Morgan fingerprint density at radius 2 is 1.70 bits per heavy atom. The highest BCUT2D eigenvalue weighted by atomic mass is 16.5. The van der Waals surface area contributed by atoms with E-state index in [0.29, 0.717) is 24.6 Å². The molecule has 0 spiro atoms. The molecule has 1 heterocycles. The number of benzene rings is 2. The lowest BCUT2D eigenvalue weighted by molar-refractivity contribution is -0.119. The fourth-order valence-corrected chi connectivity index (χ4v) is 3.33. The van der Waals surface area contributed by atoms with Crippen molar-refractivity contribution in [1.29, 1.82) is 0 Å². The number of amides is 2. The van der Waals surface area contributed by atoms with Crippen molar-refractivity contribution in [3.05, 3.63) is 65.7 Å². The Hall–Kier alpha value is -2.82. The number of likely N-dealkylation sites (tertiary alicyclic amines) is 1. The van der Waals surface area contributed by atoms with E-state index in [-0.39, 0.29) is 11.8 Å². The summed E-state index contributed by atoms with van der Waals surface area (Å²) < 4.78 is 5.83. The van der Waals surface area contributed by atoms with Crippen LogP contribution >= 0.6 is 0 Å². The van der Waals surface area contributed by atoms with Crippen LogP contribution in [0, 0.1) is 5.92 Å². The number of hydrogen-bond donors (Lipinski definition) is 1. The average molecular weight is 366 g/mol. The van der Waals surface area contributed by atoms with Crippen molar-refractivity contribution in [2.24, 2.45) is 5.92 Å². The van der Waals surface area contributed by atoms with Crippen LogP contribution in [0.5, 0.6) is 5.75 Å². The number of piperidine rings is 1. The van der Waals surface area contributed by atoms with Gasteiger partial charge in [0.1, 0.15) is 12.4 Å². The van der Waals surface area contributed by atoms with Crippen LogP contribution in [0.3, 0.4) is 0 Å². The molecular formula is C22H26N2O3. The minimum atomic E-state index is 0.000787. The molecule has 0 saturated carbocycles. The van der Waals surface area contributed by atoms with E-state index in [1.165, 1.54) is 6.92 Å². The maximum absolute atomic E-state index is 13.0. The summed E-state index contributed by atoms with van der Waals surface area (Å²) in [6.45, 7) is 4.03. The number of hydrogen-bond acceptors (Lipinski definition) is 3. The van der Waals surface area contributed by atoms with Crippen molar-refractivity contribution in [1.82, 2.24) is 10.2 Å². The Balaban J connectivity index is 1.59. The molecule has 1 aliphatic heterocycles. The Labute approximate surface area is 160 Å². The van der Waals surface area contributed by atoms with Crippen LogP contribution < -0.4 is 10.1 Å². The molecule has 2 amide bonds. The summed E-state index contributed by atoms with van der Waals surface area (Å²) in [5.74, 6) is 1.29. The third-order valence-corrected chi connectivity index (χ3v) is 4.93. The molecule has 0 unspecified atom stereocenters. The number of carbonyl (C=O) groups excluding carboxylic acids is 2. The Bertz CT molecular complexity index is 768. The number of nitrogens with one attached hydrogen (secondary N) is 1. The monoisotopic (exact) mass is 366 g/mol. The molecule has 0 aromatic heterocycles. The van der Waals surface area contributed by atoms with Crippen molar-refractivity contribution < 1.29 is 14.3 Å². The maximum atomic E-state index is 13.0. The van der Waals surface area contributed by atoms with Crippen molar-refractivity contribution in [2.75, 3.05) is 19.6 Å². The van der Waals surface area contributed by atoms with E-state index in [1.807, 2.05) is 59.5 Å². The lowest BCUT2D eigenvalue weighted by Gasteiger charge is -2.32. The lowest BCUT2D eigenvalue weighted by Crippen LogP contribution is -2.41. The van der Waals surface area contributed by atoms with Gasteiger partial charge in [-0.25, -0.2) is 0 Å². The molecule has 3 rings (SSSR count). The molecule has 142 valence electrons. The van der Waals surface area contributed by atoms with Gasteiger partial charge in [0, 0.05) is 37.7 Å². The van der Waals surface area contributed by atoms with Crippen LogP contribution in [-0.4, -0.2) is 36.3 Å². The van der Waals surface area contributed by atoms with E-state index >= 15 is 0 Å². The van der Waals surface area contributed by atoms with Crippen LogP contribution in [0.4, 0.5) is 0 Å². The number of nitrogens with zero attached hydrogens (tertiary/aromatic N) is 1. The highest BCUT2D eigenvalue weighted by Gasteiger charge is 2.25. The molecule has 1 N–H and O–H groups in total. The second-order valence-electron chi connectivity index (χ2n) is 6.93. The van der Waals surface area contributed by atoms with Gasteiger partial charge in [-0.05, 0) is 37.0 Å². The largest absolute Gasteiger partial charge is 0.489 e. The molecule has 2 aromatic carbocycles. The van der Waals surface area contributed by atoms with E-state index in [0.717, 1.165) is 37.2 Å². The molecular weight excluding hydrogens is 340 g/mol. The van der Waals surface area contributed by atoms with E-state index < -0.39 is 0 Å². The molecule has 5 heteroatoms. The second kappa shape index (κ2) is 9.21. The zero-order valence-electron chi connectivity index (χ0n) is 15.7. The van der Waals surface area contributed by atoms with Gasteiger partial charge in [0.2, 0.25) is 5.91 Å². The summed E-state index contributed by atoms with van der Waals surface area (Å²) in [5, 5.41) is 2.87. The summed E-state index contributed by atoms with van der Waals surface area (Å²) in [6, 6.07) is 17.3. The highest BCUT2D eigenvalue weighted by Crippen LogP contribution is 2.21. The van der Waals surface area contributed by atoms with Gasteiger partial charge < -0.3 is 15.0 Å². The van der Waals surface area contributed by atoms with E-state index in [1.54, 1.807) is 0 Å². The minimum Gasteiger partial charge on any atom is -0.489 e. The fourth-order valence-electron chi connectivity index (χ4n) is 3.33. The van der Waals surface area contributed by atoms with Gasteiger partial charge in [-0.15, -0.1) is 0 Å². The summed E-state index contributed by atoms with van der Waals surface area (Å²) in [7, 11) is 0. The molecule has 0 radical (unpaired) electrons. The maximum Gasteiger partial charge on any atom is 0.254 e. The van der Waals surface area contributed by atoms with Gasteiger partial charge in [-0.3, -0.25) is 9.59 Å². The summed E-state index contributed by atoms with van der Waals surface area (Å²) in [4.78, 5) is 26.0. The number of ether oxygens (including phenoxy) is 1. The van der Waals surface area contributed by atoms with Crippen molar-refractivity contribution in [3.63, 3.8) is 0 Å². The van der Waals surface area contributed by atoms with Crippen molar-refractivity contribution in [3.8, 4) is 5.75 Å². The third kappa shape index (κ3) is 5.33. The third-order valence-electron chi connectivity index (χ3n) is 4.93. The first kappa shape index (κ1) is 19.0. The highest BCUT2D eigenvalue weighted by molar-refractivity contribution is 5.95. The first-order chi connectivity index (χ1) is 13.1. The van der Waals surface area contributed by atoms with Crippen LogP contribution in [0.25, 0.3) is 0 Å². The molecule has 0 aliphatic carbocycles. The number of rotatable bonds is 6. The van der Waals surface area contributed by atoms with Crippen LogP contribution in [0.2, 0.25) is 0 Å². The first-order valence-corrected chi connectivity index (χ1v) is 9.43. The number of para-hydroxylation sites is 1. The van der Waals surface area contributed by atoms with Gasteiger partial charge in [0.15, 0.2) is 0 Å². The van der Waals surface area contributed by atoms with E-state index in [4.69, 9.17) is 4.74 Å². The Morgan fingerprint density at radius 1 is 1.04 bits per heavy atom. The zero-order chi connectivity index (χ0) is 19.1. The molecule has 0 atom stereocenters. The minimum absolute atomic E-state index is 0.000787. The number of carbonyl (C=O) groups is 2. The van der Waals surface area contributed by atoms with Crippen molar-refractivity contribution >= 4 is 11.8 Å². The standard InChI is InChI=1S/C22H26N2O3/c1-17(25)23-15-18-11-13-24(14-12-18)22(26)21-10-6-5-7-19(21)16-27-20-8-3-2-4-9-20/h2-10,18H,11-16H2,1H3,(H,23,25). The van der Waals surface area contributed by atoms with E-state index in [2.05, 4.69) is 5.32 Å². The van der Waals surface area contributed by atoms with Gasteiger partial charge in [0.25, 0.3) is 5.91 Å². The first-order valence-electron chi connectivity index (χ1n) is 9.43. The average Bonchev–Trinajstić information content (AvgIpc) is 2.71. The SMILES string of the molecule is CC(=O)NCC1CCN(C(=O)c2ccccc2COc2ccccc2)CC1. The van der Waals surface area contributed by atoms with Crippen LogP contribution in [-0.2, 0) is 11.4 Å². The predicted octanol–water partition coefficient (Wildman–Crippen LogP) is 3.25. The van der Waals surface area contributed by atoms with Crippen LogP contribution in [0.15, 0.2) is 54.6 Å². The van der Waals surface area contributed by atoms with Gasteiger partial charge in [-0.2, -0.15) is 0 Å².